The Hall–Kier alpha value is -3.39. The molecule has 0 radical (unpaired) electrons. The molecule has 4 aromatic rings. The third-order valence-electron chi connectivity index (χ3n) is 4.39. The normalized spacial score (nSPS) is 10.9. The van der Waals surface area contributed by atoms with E-state index in [-0.39, 0.29) is 0 Å². The minimum Gasteiger partial charge on any atom is -0.496 e. The van der Waals surface area contributed by atoms with Crippen molar-refractivity contribution in [2.45, 2.75) is 17.5 Å². The molecule has 2 heterocycles. The predicted molar refractivity (Wildman–Crippen MR) is 116 cm³/mol. The number of nitrogens with two attached hydrogens (primary N) is 1. The molecule has 2 aromatic heterocycles. The van der Waals surface area contributed by atoms with Crippen LogP contribution in [0.4, 0.5) is 5.82 Å². The number of fused-ring (bicyclic) bond motifs is 1. The van der Waals surface area contributed by atoms with Gasteiger partial charge in [0.15, 0.2) is 11.0 Å². The SMILES string of the molecule is C=CCn1c(SCc2nc(N)c3ccccc3n2)nnc1-c1ccccc1OC. The highest BCUT2D eigenvalue weighted by Gasteiger charge is 2.17. The number of anilines is 1. The fourth-order valence-electron chi connectivity index (χ4n) is 3.06. The Morgan fingerprint density at radius 3 is 2.72 bits per heavy atom. The zero-order valence-electron chi connectivity index (χ0n) is 15.9. The van der Waals surface area contributed by atoms with Crippen LogP contribution in [0.1, 0.15) is 5.82 Å². The minimum atomic E-state index is 0.480. The molecule has 2 aromatic carbocycles. The van der Waals surface area contributed by atoms with Gasteiger partial charge < -0.3 is 10.5 Å². The van der Waals surface area contributed by atoms with E-state index >= 15 is 0 Å². The van der Waals surface area contributed by atoms with E-state index in [4.69, 9.17) is 10.5 Å². The monoisotopic (exact) mass is 404 g/mol. The number of thioether (sulfide) groups is 1. The summed E-state index contributed by atoms with van der Waals surface area (Å²) < 4.78 is 7.48. The average Bonchev–Trinajstić information content (AvgIpc) is 3.15. The molecular weight excluding hydrogens is 384 g/mol. The van der Waals surface area contributed by atoms with Crippen LogP contribution in [0.25, 0.3) is 22.3 Å². The van der Waals surface area contributed by atoms with Crippen molar-refractivity contribution >= 4 is 28.5 Å². The molecule has 2 N–H and O–H groups in total. The first-order valence-electron chi connectivity index (χ1n) is 9.02. The first-order chi connectivity index (χ1) is 14.2. The molecule has 0 bridgehead atoms. The van der Waals surface area contributed by atoms with Gasteiger partial charge in [-0.25, -0.2) is 9.97 Å². The van der Waals surface area contributed by atoms with Crippen molar-refractivity contribution in [3.8, 4) is 17.1 Å². The van der Waals surface area contributed by atoms with Gasteiger partial charge in [0, 0.05) is 11.9 Å². The molecule has 0 atom stereocenters. The molecule has 0 unspecified atom stereocenters. The number of aromatic nitrogens is 5. The molecule has 7 nitrogen and oxygen atoms in total. The maximum atomic E-state index is 6.09. The number of rotatable bonds is 7. The topological polar surface area (TPSA) is 91.7 Å². The number of methoxy groups -OCH3 is 1. The molecule has 4 rings (SSSR count). The lowest BCUT2D eigenvalue weighted by Gasteiger charge is -2.10. The lowest BCUT2D eigenvalue weighted by atomic mass is 10.2. The Bertz CT molecular complexity index is 1170. The number of para-hydroxylation sites is 2. The number of hydrogen-bond acceptors (Lipinski definition) is 7. The summed E-state index contributed by atoms with van der Waals surface area (Å²) in [6.45, 7) is 4.43. The highest BCUT2D eigenvalue weighted by Crippen LogP contribution is 2.31. The van der Waals surface area contributed by atoms with Gasteiger partial charge in [0.2, 0.25) is 0 Å². The van der Waals surface area contributed by atoms with E-state index in [0.29, 0.717) is 23.9 Å². The second kappa shape index (κ2) is 8.32. The van der Waals surface area contributed by atoms with Gasteiger partial charge in [-0.1, -0.05) is 42.1 Å². The van der Waals surface area contributed by atoms with Crippen LogP contribution >= 0.6 is 11.8 Å². The summed E-state index contributed by atoms with van der Waals surface area (Å²) in [6.07, 6.45) is 1.82. The van der Waals surface area contributed by atoms with E-state index in [0.717, 1.165) is 33.2 Å². The largest absolute Gasteiger partial charge is 0.496 e. The molecule has 29 heavy (non-hydrogen) atoms. The molecule has 0 amide bonds. The Balaban J connectivity index is 1.64. The van der Waals surface area contributed by atoms with Crippen LogP contribution in [-0.4, -0.2) is 31.8 Å². The van der Waals surface area contributed by atoms with Crippen molar-refractivity contribution < 1.29 is 4.74 Å². The zero-order valence-corrected chi connectivity index (χ0v) is 16.8. The standard InChI is InChI=1S/C21H20N6OS/c1-3-12-27-20(15-9-5-7-11-17(15)28-2)25-26-21(27)29-13-18-23-16-10-6-4-8-14(16)19(22)24-18/h3-11H,1,12-13H2,2H3,(H2,22,23,24). The van der Waals surface area contributed by atoms with E-state index in [1.165, 1.54) is 11.8 Å². The van der Waals surface area contributed by atoms with Gasteiger partial charge >= 0.3 is 0 Å². The molecule has 0 saturated heterocycles. The van der Waals surface area contributed by atoms with Gasteiger partial charge in [0.05, 0.1) is 23.9 Å². The van der Waals surface area contributed by atoms with Crippen molar-refractivity contribution in [3.63, 3.8) is 0 Å². The zero-order chi connectivity index (χ0) is 20.2. The number of nitrogens with zero attached hydrogens (tertiary/aromatic N) is 5. The third-order valence-corrected chi connectivity index (χ3v) is 5.35. The van der Waals surface area contributed by atoms with Crippen LogP contribution in [0, 0.1) is 0 Å². The van der Waals surface area contributed by atoms with E-state index in [1.54, 1.807) is 7.11 Å². The van der Waals surface area contributed by atoms with Crippen molar-refractivity contribution in [1.82, 2.24) is 24.7 Å². The summed E-state index contributed by atoms with van der Waals surface area (Å²) in [5.74, 6) is 3.12. The summed E-state index contributed by atoms with van der Waals surface area (Å²) in [7, 11) is 1.64. The lowest BCUT2D eigenvalue weighted by Crippen LogP contribution is -2.03. The Kier molecular flexibility index (Phi) is 5.44. The smallest absolute Gasteiger partial charge is 0.192 e. The Morgan fingerprint density at radius 1 is 1.10 bits per heavy atom. The number of allylic oxidation sites excluding steroid dienone is 1. The van der Waals surface area contributed by atoms with Gasteiger partial charge in [-0.3, -0.25) is 4.57 Å². The third kappa shape index (κ3) is 3.79. The van der Waals surface area contributed by atoms with Crippen LogP contribution < -0.4 is 10.5 Å². The summed E-state index contributed by atoms with van der Waals surface area (Å²) in [4.78, 5) is 9.04. The van der Waals surface area contributed by atoms with E-state index in [1.807, 2.05) is 59.2 Å². The Labute approximate surface area is 172 Å². The van der Waals surface area contributed by atoms with Crippen molar-refractivity contribution in [2.75, 3.05) is 12.8 Å². The highest BCUT2D eigenvalue weighted by molar-refractivity contribution is 7.98. The second-order valence-corrected chi connectivity index (χ2v) is 7.18. The van der Waals surface area contributed by atoms with Gasteiger partial charge in [0.1, 0.15) is 17.4 Å². The maximum absolute atomic E-state index is 6.09. The highest BCUT2D eigenvalue weighted by atomic mass is 32.2. The van der Waals surface area contributed by atoms with Crippen molar-refractivity contribution in [3.05, 3.63) is 67.0 Å². The predicted octanol–water partition coefficient (Wildman–Crippen LogP) is 3.96. The number of nitrogen functional groups attached to an aromatic ring is 1. The molecule has 8 heteroatoms. The van der Waals surface area contributed by atoms with Crippen LogP contribution in [0.15, 0.2) is 66.3 Å². The van der Waals surface area contributed by atoms with Crippen LogP contribution in [0.2, 0.25) is 0 Å². The number of ether oxygens (including phenoxy) is 1. The molecule has 0 aliphatic rings. The summed E-state index contributed by atoms with van der Waals surface area (Å²) in [5, 5.41) is 10.4. The first-order valence-corrected chi connectivity index (χ1v) is 10.0. The number of hydrogen-bond donors (Lipinski definition) is 1. The molecular formula is C21H20N6OS. The first kappa shape index (κ1) is 18.9. The van der Waals surface area contributed by atoms with Gasteiger partial charge in [-0.05, 0) is 24.3 Å². The average molecular weight is 404 g/mol. The van der Waals surface area contributed by atoms with Crippen molar-refractivity contribution in [2.24, 2.45) is 0 Å². The van der Waals surface area contributed by atoms with Gasteiger partial charge in [0.25, 0.3) is 0 Å². The maximum Gasteiger partial charge on any atom is 0.192 e. The fourth-order valence-corrected chi connectivity index (χ4v) is 3.87. The molecule has 0 saturated carbocycles. The summed E-state index contributed by atoms with van der Waals surface area (Å²) >= 11 is 1.51. The molecule has 0 aliphatic heterocycles. The molecule has 0 fully saturated rings. The van der Waals surface area contributed by atoms with Gasteiger partial charge in [-0.2, -0.15) is 0 Å². The lowest BCUT2D eigenvalue weighted by molar-refractivity contribution is 0.416. The van der Waals surface area contributed by atoms with Gasteiger partial charge in [-0.15, -0.1) is 16.8 Å². The Morgan fingerprint density at radius 2 is 1.90 bits per heavy atom. The molecule has 0 aliphatic carbocycles. The summed E-state index contributed by atoms with van der Waals surface area (Å²) in [6, 6.07) is 15.4. The van der Waals surface area contributed by atoms with Crippen molar-refractivity contribution in [1.29, 1.82) is 0 Å². The van der Waals surface area contributed by atoms with Crippen LogP contribution in [0.5, 0.6) is 5.75 Å². The fraction of sp³-hybridized carbons (Fsp3) is 0.143. The molecule has 146 valence electrons. The summed E-state index contributed by atoms with van der Waals surface area (Å²) in [5.41, 5.74) is 7.80. The second-order valence-electron chi connectivity index (χ2n) is 6.24. The number of benzene rings is 2. The van der Waals surface area contributed by atoms with Crippen LogP contribution in [-0.2, 0) is 12.3 Å². The quantitative estimate of drug-likeness (QED) is 0.368. The molecule has 0 spiro atoms. The minimum absolute atomic E-state index is 0.480. The van der Waals surface area contributed by atoms with E-state index < -0.39 is 0 Å². The van der Waals surface area contributed by atoms with E-state index in [2.05, 4.69) is 26.7 Å². The van der Waals surface area contributed by atoms with E-state index in [9.17, 15) is 0 Å². The van der Waals surface area contributed by atoms with Crippen LogP contribution in [0.3, 0.4) is 0 Å².